The van der Waals surface area contributed by atoms with E-state index in [0.717, 1.165) is 21.6 Å². The standard InChI is InChI=1S/C14H11ClO2S/c15-12-5-6-14(11(7-12)9-17)18-13-4-2-1-3-10(13)8-16/h1-8,17H,9H2. The molecule has 0 heterocycles. The Kier molecular flexibility index (Phi) is 4.42. The highest BCUT2D eigenvalue weighted by atomic mass is 35.5. The van der Waals surface area contributed by atoms with Crippen LogP contribution >= 0.6 is 23.4 Å². The van der Waals surface area contributed by atoms with Crippen LogP contribution in [-0.2, 0) is 6.61 Å². The second-order valence-electron chi connectivity index (χ2n) is 3.67. The van der Waals surface area contributed by atoms with Crippen LogP contribution in [0.2, 0.25) is 5.02 Å². The van der Waals surface area contributed by atoms with Gasteiger partial charge in [0, 0.05) is 20.4 Å². The van der Waals surface area contributed by atoms with Gasteiger partial charge in [0.2, 0.25) is 0 Å². The van der Waals surface area contributed by atoms with Gasteiger partial charge in [0.05, 0.1) is 6.61 Å². The molecule has 0 bridgehead atoms. The van der Waals surface area contributed by atoms with Gasteiger partial charge in [-0.3, -0.25) is 4.79 Å². The molecule has 0 unspecified atom stereocenters. The molecule has 92 valence electrons. The fraction of sp³-hybridized carbons (Fsp3) is 0.0714. The molecule has 18 heavy (non-hydrogen) atoms. The van der Waals surface area contributed by atoms with Gasteiger partial charge in [-0.2, -0.15) is 0 Å². The number of carbonyl (C=O) groups is 1. The summed E-state index contributed by atoms with van der Waals surface area (Å²) in [7, 11) is 0. The third-order valence-corrected chi connectivity index (χ3v) is 3.90. The molecule has 1 N–H and O–H groups in total. The number of halogens is 1. The number of aldehydes is 1. The predicted molar refractivity (Wildman–Crippen MR) is 73.3 cm³/mol. The first-order valence-electron chi connectivity index (χ1n) is 5.36. The summed E-state index contributed by atoms with van der Waals surface area (Å²) in [5.41, 5.74) is 1.40. The second-order valence-corrected chi connectivity index (χ2v) is 5.19. The maximum Gasteiger partial charge on any atom is 0.151 e. The zero-order valence-electron chi connectivity index (χ0n) is 9.47. The molecule has 0 aliphatic rings. The topological polar surface area (TPSA) is 37.3 Å². The Morgan fingerprint density at radius 1 is 1.17 bits per heavy atom. The zero-order chi connectivity index (χ0) is 13.0. The van der Waals surface area contributed by atoms with E-state index in [9.17, 15) is 9.90 Å². The van der Waals surface area contributed by atoms with Crippen molar-refractivity contribution in [1.82, 2.24) is 0 Å². The smallest absolute Gasteiger partial charge is 0.151 e. The Morgan fingerprint density at radius 2 is 1.94 bits per heavy atom. The highest BCUT2D eigenvalue weighted by Crippen LogP contribution is 2.33. The molecule has 0 fully saturated rings. The second kappa shape index (κ2) is 6.05. The molecule has 0 spiro atoms. The van der Waals surface area contributed by atoms with Crippen LogP contribution in [-0.4, -0.2) is 11.4 Å². The number of aliphatic hydroxyl groups excluding tert-OH is 1. The Hall–Kier alpha value is -1.29. The molecule has 0 atom stereocenters. The molecule has 0 aliphatic heterocycles. The minimum Gasteiger partial charge on any atom is -0.392 e. The summed E-state index contributed by atoms with van der Waals surface area (Å²) < 4.78 is 0. The van der Waals surface area contributed by atoms with E-state index in [1.165, 1.54) is 11.8 Å². The van der Waals surface area contributed by atoms with Crippen LogP contribution in [0.25, 0.3) is 0 Å². The third kappa shape index (κ3) is 2.93. The van der Waals surface area contributed by atoms with Gasteiger partial charge in [-0.05, 0) is 29.8 Å². The number of benzene rings is 2. The van der Waals surface area contributed by atoms with Crippen molar-refractivity contribution in [2.75, 3.05) is 0 Å². The van der Waals surface area contributed by atoms with E-state index in [1.54, 1.807) is 18.2 Å². The van der Waals surface area contributed by atoms with Crippen LogP contribution in [0.3, 0.4) is 0 Å². The molecule has 2 rings (SSSR count). The van der Waals surface area contributed by atoms with Gasteiger partial charge in [-0.1, -0.05) is 41.6 Å². The lowest BCUT2D eigenvalue weighted by Gasteiger charge is -2.09. The normalized spacial score (nSPS) is 10.3. The number of hydrogen-bond acceptors (Lipinski definition) is 3. The Morgan fingerprint density at radius 3 is 2.67 bits per heavy atom. The Bertz CT molecular complexity index is 569. The van der Waals surface area contributed by atoms with Crippen LogP contribution < -0.4 is 0 Å². The van der Waals surface area contributed by atoms with Crippen LogP contribution in [0.4, 0.5) is 0 Å². The molecule has 0 radical (unpaired) electrons. The van der Waals surface area contributed by atoms with Crippen molar-refractivity contribution in [3.63, 3.8) is 0 Å². The summed E-state index contributed by atoms with van der Waals surface area (Å²) in [6.07, 6.45) is 0.830. The summed E-state index contributed by atoms with van der Waals surface area (Å²) in [5.74, 6) is 0. The maximum atomic E-state index is 10.9. The Labute approximate surface area is 115 Å². The van der Waals surface area contributed by atoms with Gasteiger partial charge < -0.3 is 5.11 Å². The first-order valence-corrected chi connectivity index (χ1v) is 6.55. The van der Waals surface area contributed by atoms with Crippen LogP contribution in [0.1, 0.15) is 15.9 Å². The van der Waals surface area contributed by atoms with Crippen molar-refractivity contribution < 1.29 is 9.90 Å². The average Bonchev–Trinajstić information content (AvgIpc) is 2.41. The van der Waals surface area contributed by atoms with Crippen molar-refractivity contribution in [3.8, 4) is 0 Å². The van der Waals surface area contributed by atoms with E-state index in [-0.39, 0.29) is 6.61 Å². The highest BCUT2D eigenvalue weighted by molar-refractivity contribution is 7.99. The van der Waals surface area contributed by atoms with E-state index in [0.29, 0.717) is 10.6 Å². The molecule has 2 aromatic carbocycles. The highest BCUT2D eigenvalue weighted by Gasteiger charge is 2.07. The van der Waals surface area contributed by atoms with Crippen molar-refractivity contribution in [2.45, 2.75) is 16.4 Å². The van der Waals surface area contributed by atoms with E-state index < -0.39 is 0 Å². The zero-order valence-corrected chi connectivity index (χ0v) is 11.0. The monoisotopic (exact) mass is 278 g/mol. The summed E-state index contributed by atoms with van der Waals surface area (Å²) in [6.45, 7) is -0.0772. The Balaban J connectivity index is 2.36. The first-order chi connectivity index (χ1) is 8.74. The first kappa shape index (κ1) is 13.1. The van der Waals surface area contributed by atoms with E-state index >= 15 is 0 Å². The number of hydrogen-bond donors (Lipinski definition) is 1. The SMILES string of the molecule is O=Cc1ccccc1Sc1ccc(Cl)cc1CO. The van der Waals surface area contributed by atoms with E-state index in [2.05, 4.69) is 0 Å². The van der Waals surface area contributed by atoms with Crippen molar-refractivity contribution >= 4 is 29.6 Å². The summed E-state index contributed by atoms with van der Waals surface area (Å²) in [6, 6.07) is 12.7. The van der Waals surface area contributed by atoms with Gasteiger partial charge in [0.25, 0.3) is 0 Å². The summed E-state index contributed by atoms with van der Waals surface area (Å²) >= 11 is 7.33. The molecule has 0 aromatic heterocycles. The number of aliphatic hydroxyl groups is 1. The van der Waals surface area contributed by atoms with Gasteiger partial charge in [-0.25, -0.2) is 0 Å². The largest absolute Gasteiger partial charge is 0.392 e. The van der Waals surface area contributed by atoms with Gasteiger partial charge >= 0.3 is 0 Å². The lowest BCUT2D eigenvalue weighted by Crippen LogP contribution is -1.89. The molecule has 0 aliphatic carbocycles. The minimum atomic E-state index is -0.0772. The number of carbonyl (C=O) groups excluding carboxylic acids is 1. The molecular weight excluding hydrogens is 268 g/mol. The van der Waals surface area contributed by atoms with Gasteiger partial charge in [-0.15, -0.1) is 0 Å². The molecule has 0 saturated carbocycles. The molecule has 0 amide bonds. The summed E-state index contributed by atoms with van der Waals surface area (Å²) in [4.78, 5) is 12.7. The van der Waals surface area contributed by atoms with Crippen molar-refractivity contribution in [2.24, 2.45) is 0 Å². The molecule has 4 heteroatoms. The lowest BCUT2D eigenvalue weighted by molar-refractivity contribution is 0.112. The van der Waals surface area contributed by atoms with Gasteiger partial charge in [0.1, 0.15) is 0 Å². The quantitative estimate of drug-likeness (QED) is 0.865. The fourth-order valence-electron chi connectivity index (χ4n) is 1.56. The van der Waals surface area contributed by atoms with E-state index in [4.69, 9.17) is 11.6 Å². The van der Waals surface area contributed by atoms with Crippen molar-refractivity contribution in [1.29, 1.82) is 0 Å². The average molecular weight is 279 g/mol. The van der Waals surface area contributed by atoms with E-state index in [1.807, 2.05) is 24.3 Å². The van der Waals surface area contributed by atoms with Crippen LogP contribution in [0.15, 0.2) is 52.3 Å². The molecule has 2 nitrogen and oxygen atoms in total. The minimum absolute atomic E-state index is 0.0772. The predicted octanol–water partition coefficient (Wildman–Crippen LogP) is 3.80. The molecule has 0 saturated heterocycles. The van der Waals surface area contributed by atoms with Crippen LogP contribution in [0.5, 0.6) is 0 Å². The number of rotatable bonds is 4. The molecular formula is C14H11ClO2S. The molecule has 2 aromatic rings. The van der Waals surface area contributed by atoms with Crippen molar-refractivity contribution in [3.05, 3.63) is 58.6 Å². The lowest BCUT2D eigenvalue weighted by atomic mass is 10.2. The van der Waals surface area contributed by atoms with Crippen LogP contribution in [0, 0.1) is 0 Å². The summed E-state index contributed by atoms with van der Waals surface area (Å²) in [5, 5.41) is 9.90. The third-order valence-electron chi connectivity index (χ3n) is 2.46. The van der Waals surface area contributed by atoms with Gasteiger partial charge in [0.15, 0.2) is 6.29 Å². The maximum absolute atomic E-state index is 10.9. The fourth-order valence-corrected chi connectivity index (χ4v) is 2.76.